The average molecular weight is 480 g/mol. The van der Waals surface area contributed by atoms with Gasteiger partial charge in [-0.05, 0) is 55.1 Å². The number of aliphatic carboxylic acids is 1. The number of nitrogens with one attached hydrogen (secondary N) is 2. The number of fused-ring (bicyclic) bond motifs is 3. The Morgan fingerprint density at radius 1 is 1.03 bits per heavy atom. The number of carbonyl (C=O) groups is 3. The molecule has 3 N–H and O–H groups in total. The molecule has 2 aromatic rings. The van der Waals surface area contributed by atoms with Crippen molar-refractivity contribution in [1.82, 2.24) is 15.5 Å². The Labute approximate surface area is 205 Å². The van der Waals surface area contributed by atoms with Crippen LogP contribution in [0.4, 0.5) is 4.79 Å². The van der Waals surface area contributed by atoms with Crippen molar-refractivity contribution in [3.05, 3.63) is 59.7 Å². The molecule has 186 valence electrons. The zero-order valence-corrected chi connectivity index (χ0v) is 20.2. The van der Waals surface area contributed by atoms with Crippen LogP contribution in [0.3, 0.4) is 0 Å². The third-order valence-corrected chi connectivity index (χ3v) is 6.93. The number of nitrogens with zero attached hydrogens (tertiary/aromatic N) is 1. The lowest BCUT2D eigenvalue weighted by Gasteiger charge is -2.23. The highest BCUT2D eigenvalue weighted by Crippen LogP contribution is 2.44. The van der Waals surface area contributed by atoms with Crippen LogP contribution < -0.4 is 10.6 Å². The molecule has 0 bridgehead atoms. The maximum atomic E-state index is 12.7. The van der Waals surface area contributed by atoms with Crippen LogP contribution in [-0.2, 0) is 14.3 Å². The molecule has 0 heterocycles. The molecule has 0 spiro atoms. The summed E-state index contributed by atoms with van der Waals surface area (Å²) >= 11 is 0. The maximum absolute atomic E-state index is 12.7. The molecule has 8 nitrogen and oxygen atoms in total. The Morgan fingerprint density at radius 3 is 2.26 bits per heavy atom. The number of likely N-dealkylation sites (N-methyl/N-ethyl adjacent to an activating group) is 1. The number of hydrogen-bond acceptors (Lipinski definition) is 5. The molecular formula is C27H33N3O5. The van der Waals surface area contributed by atoms with Gasteiger partial charge in [0, 0.05) is 24.9 Å². The van der Waals surface area contributed by atoms with Gasteiger partial charge in [-0.1, -0.05) is 55.0 Å². The van der Waals surface area contributed by atoms with E-state index in [0.29, 0.717) is 0 Å². The predicted octanol–water partition coefficient (Wildman–Crippen LogP) is 3.21. The maximum Gasteiger partial charge on any atom is 0.407 e. The van der Waals surface area contributed by atoms with Crippen LogP contribution in [0.2, 0.25) is 0 Å². The van der Waals surface area contributed by atoms with Crippen LogP contribution in [0, 0.1) is 5.92 Å². The van der Waals surface area contributed by atoms with Gasteiger partial charge in [0.25, 0.3) is 0 Å². The minimum atomic E-state index is -1.06. The Bertz CT molecular complexity index is 1040. The van der Waals surface area contributed by atoms with Crippen LogP contribution >= 0.6 is 0 Å². The molecule has 35 heavy (non-hydrogen) atoms. The van der Waals surface area contributed by atoms with Gasteiger partial charge in [0.15, 0.2) is 0 Å². The quantitative estimate of drug-likeness (QED) is 0.510. The second kappa shape index (κ2) is 10.9. The van der Waals surface area contributed by atoms with Gasteiger partial charge in [0.2, 0.25) is 5.91 Å². The molecule has 1 saturated carbocycles. The number of carboxylic acids is 1. The van der Waals surface area contributed by atoms with Crippen LogP contribution in [0.5, 0.6) is 0 Å². The van der Waals surface area contributed by atoms with Crippen molar-refractivity contribution in [3.8, 4) is 11.1 Å². The van der Waals surface area contributed by atoms with E-state index < -0.39 is 18.1 Å². The molecule has 0 saturated heterocycles. The van der Waals surface area contributed by atoms with E-state index in [1.54, 1.807) is 19.0 Å². The van der Waals surface area contributed by atoms with Gasteiger partial charge in [0.1, 0.15) is 12.6 Å². The minimum absolute atomic E-state index is 0.0112. The second-order valence-electron chi connectivity index (χ2n) is 9.69. The monoisotopic (exact) mass is 479 g/mol. The van der Waals surface area contributed by atoms with Gasteiger partial charge >= 0.3 is 12.1 Å². The largest absolute Gasteiger partial charge is 0.480 e. The van der Waals surface area contributed by atoms with Gasteiger partial charge < -0.3 is 25.4 Å². The molecular weight excluding hydrogens is 446 g/mol. The van der Waals surface area contributed by atoms with Crippen LogP contribution in [0.25, 0.3) is 11.1 Å². The molecule has 1 fully saturated rings. The number of alkyl carbamates (subject to hydrolysis) is 1. The molecule has 3 atom stereocenters. The van der Waals surface area contributed by atoms with Gasteiger partial charge in [-0.3, -0.25) is 4.79 Å². The highest BCUT2D eigenvalue weighted by Gasteiger charge is 2.33. The minimum Gasteiger partial charge on any atom is -0.480 e. The number of rotatable bonds is 9. The van der Waals surface area contributed by atoms with Crippen molar-refractivity contribution in [2.45, 2.75) is 43.7 Å². The summed E-state index contributed by atoms with van der Waals surface area (Å²) in [5.41, 5.74) is 4.66. The number of amides is 2. The molecule has 0 aromatic heterocycles. The highest BCUT2D eigenvalue weighted by molar-refractivity contribution is 5.84. The van der Waals surface area contributed by atoms with E-state index in [9.17, 15) is 19.5 Å². The number of hydrogen-bond donors (Lipinski definition) is 3. The van der Waals surface area contributed by atoms with E-state index in [1.165, 1.54) is 11.1 Å². The molecule has 4 rings (SSSR count). The van der Waals surface area contributed by atoms with E-state index in [1.807, 2.05) is 24.3 Å². The number of ether oxygens (including phenoxy) is 1. The second-order valence-corrected chi connectivity index (χ2v) is 9.69. The van der Waals surface area contributed by atoms with Gasteiger partial charge in [-0.15, -0.1) is 0 Å². The van der Waals surface area contributed by atoms with Crippen molar-refractivity contribution in [3.63, 3.8) is 0 Å². The summed E-state index contributed by atoms with van der Waals surface area (Å²) in [6, 6.07) is 15.2. The number of benzene rings is 2. The van der Waals surface area contributed by atoms with Crippen molar-refractivity contribution in [1.29, 1.82) is 0 Å². The summed E-state index contributed by atoms with van der Waals surface area (Å²) in [5.74, 6) is -1.44. The van der Waals surface area contributed by atoms with Gasteiger partial charge in [-0.2, -0.15) is 0 Å². The lowest BCUT2D eigenvalue weighted by atomic mass is 9.98. The van der Waals surface area contributed by atoms with Gasteiger partial charge in [0.05, 0.1) is 0 Å². The van der Waals surface area contributed by atoms with E-state index >= 15 is 0 Å². The first-order chi connectivity index (χ1) is 16.8. The van der Waals surface area contributed by atoms with Crippen LogP contribution in [0.15, 0.2) is 48.5 Å². The van der Waals surface area contributed by atoms with E-state index in [-0.39, 0.29) is 43.4 Å². The van der Waals surface area contributed by atoms with Gasteiger partial charge in [-0.25, -0.2) is 9.59 Å². The summed E-state index contributed by atoms with van der Waals surface area (Å²) < 4.78 is 5.66. The summed E-state index contributed by atoms with van der Waals surface area (Å²) in [7, 11) is 3.51. The fourth-order valence-electron chi connectivity index (χ4n) is 5.30. The predicted molar refractivity (Wildman–Crippen MR) is 132 cm³/mol. The fraction of sp³-hybridized carbons (Fsp3) is 0.444. The Morgan fingerprint density at radius 2 is 1.66 bits per heavy atom. The molecule has 2 aromatic carbocycles. The van der Waals surface area contributed by atoms with Crippen molar-refractivity contribution in [2.24, 2.45) is 5.92 Å². The average Bonchev–Trinajstić information content (AvgIpc) is 3.38. The van der Waals surface area contributed by atoms with E-state index in [4.69, 9.17) is 4.74 Å². The lowest BCUT2D eigenvalue weighted by Crippen LogP contribution is -2.48. The number of carboxylic acid groups (broad SMARTS) is 1. The normalized spacial score (nSPS) is 19.6. The van der Waals surface area contributed by atoms with E-state index in [2.05, 4.69) is 34.9 Å². The standard InChI is InChI=1S/C27H33N3O5/c1-30(2)15-24(26(32)33)28-25(31)14-17-8-7-13-23(17)29-27(34)35-16-22-20-11-5-3-9-18(20)19-10-4-6-12-21(19)22/h3-6,9-12,17,22-24H,7-8,13-16H2,1-2H3,(H,28,31)(H,29,34)(H,32,33). The Balaban J connectivity index is 1.31. The molecule has 2 aliphatic carbocycles. The Hall–Kier alpha value is -3.39. The summed E-state index contributed by atoms with van der Waals surface area (Å²) in [6.07, 6.45) is 2.15. The third-order valence-electron chi connectivity index (χ3n) is 6.93. The fourth-order valence-corrected chi connectivity index (χ4v) is 5.30. The topological polar surface area (TPSA) is 108 Å². The first kappa shape index (κ1) is 24.7. The molecule has 3 unspecified atom stereocenters. The summed E-state index contributed by atoms with van der Waals surface area (Å²) in [5, 5.41) is 14.9. The smallest absolute Gasteiger partial charge is 0.407 e. The zero-order chi connectivity index (χ0) is 24.9. The first-order valence-electron chi connectivity index (χ1n) is 12.1. The highest BCUT2D eigenvalue weighted by atomic mass is 16.5. The van der Waals surface area contributed by atoms with E-state index in [0.717, 1.165) is 30.4 Å². The van der Waals surface area contributed by atoms with Crippen LogP contribution in [0.1, 0.15) is 42.7 Å². The zero-order valence-electron chi connectivity index (χ0n) is 20.2. The van der Waals surface area contributed by atoms with Crippen molar-refractivity contribution in [2.75, 3.05) is 27.2 Å². The molecule has 8 heteroatoms. The first-order valence-corrected chi connectivity index (χ1v) is 12.1. The third kappa shape index (κ3) is 5.82. The molecule has 2 aliphatic rings. The Kier molecular flexibility index (Phi) is 7.70. The summed E-state index contributed by atoms with van der Waals surface area (Å²) in [6.45, 7) is 0.454. The van der Waals surface area contributed by atoms with Crippen molar-refractivity contribution < 1.29 is 24.2 Å². The molecule has 0 radical (unpaired) electrons. The lowest BCUT2D eigenvalue weighted by molar-refractivity contribution is -0.142. The molecule has 2 amide bonds. The van der Waals surface area contributed by atoms with Crippen molar-refractivity contribution >= 4 is 18.0 Å². The summed E-state index contributed by atoms with van der Waals surface area (Å²) in [4.78, 5) is 38.4. The SMILES string of the molecule is CN(C)CC(NC(=O)CC1CCCC1NC(=O)OCC1c2ccccc2-c2ccccc21)C(=O)O. The molecule has 0 aliphatic heterocycles. The van der Waals surface area contributed by atoms with Crippen LogP contribution in [-0.4, -0.2) is 67.3 Å². The number of carbonyl (C=O) groups excluding carboxylic acids is 2.